The Morgan fingerprint density at radius 2 is 2.00 bits per heavy atom. The van der Waals surface area contributed by atoms with Gasteiger partial charge in [0.1, 0.15) is 4.21 Å². The fourth-order valence-corrected chi connectivity index (χ4v) is 5.43. The first kappa shape index (κ1) is 14.1. The van der Waals surface area contributed by atoms with Gasteiger partial charge in [0.15, 0.2) is 0 Å². The lowest BCUT2D eigenvalue weighted by Crippen LogP contribution is -2.35. The van der Waals surface area contributed by atoms with E-state index in [2.05, 4.69) is 0 Å². The molecule has 0 saturated heterocycles. The summed E-state index contributed by atoms with van der Waals surface area (Å²) in [5, 5.41) is 0.648. The maximum absolute atomic E-state index is 12.6. The maximum atomic E-state index is 12.6. The van der Waals surface area contributed by atoms with Gasteiger partial charge < -0.3 is 0 Å². The summed E-state index contributed by atoms with van der Waals surface area (Å²) in [6.45, 7) is 2.83. The number of sulfonamides is 1. The number of thiophene rings is 1. The second kappa shape index (κ2) is 5.15. The van der Waals surface area contributed by atoms with Crippen LogP contribution >= 0.6 is 22.9 Å². The zero-order chi connectivity index (χ0) is 14.3. The molecule has 3 rings (SSSR count). The Labute approximate surface area is 127 Å². The normalized spacial score (nSPS) is 16.1. The molecule has 1 aromatic carbocycles. The predicted octanol–water partition coefficient (Wildman–Crippen LogP) is 3.46. The molecule has 0 atom stereocenters. The standard InChI is InChI=1S/C14H14ClNO2S2/c1-10-2-5-14(19-10)20(17,18)16-7-6-11-3-4-13(15)8-12(11)9-16/h2-5,8H,6-7,9H2,1H3. The van der Waals surface area contributed by atoms with Crippen molar-refractivity contribution in [3.8, 4) is 0 Å². The molecule has 0 amide bonds. The third-order valence-corrected chi connectivity index (χ3v) is 7.00. The highest BCUT2D eigenvalue weighted by atomic mass is 35.5. The van der Waals surface area contributed by atoms with Crippen molar-refractivity contribution in [1.82, 2.24) is 4.31 Å². The third kappa shape index (κ3) is 2.51. The smallest absolute Gasteiger partial charge is 0.206 e. The summed E-state index contributed by atoms with van der Waals surface area (Å²) in [5.74, 6) is 0. The van der Waals surface area contributed by atoms with Gasteiger partial charge in [-0.25, -0.2) is 8.42 Å². The molecule has 2 aromatic rings. The van der Waals surface area contributed by atoms with Crippen LogP contribution in [0.4, 0.5) is 0 Å². The van der Waals surface area contributed by atoms with E-state index in [1.807, 2.05) is 31.2 Å². The van der Waals surface area contributed by atoms with Crippen LogP contribution in [-0.2, 0) is 23.0 Å². The first-order valence-corrected chi connectivity index (χ1v) is 8.94. The van der Waals surface area contributed by atoms with Crippen LogP contribution in [-0.4, -0.2) is 19.3 Å². The summed E-state index contributed by atoms with van der Waals surface area (Å²) < 4.78 is 27.2. The van der Waals surface area contributed by atoms with Crippen LogP contribution in [0.25, 0.3) is 0 Å². The van der Waals surface area contributed by atoms with Crippen LogP contribution in [0.15, 0.2) is 34.5 Å². The van der Waals surface area contributed by atoms with Crippen molar-refractivity contribution in [2.24, 2.45) is 0 Å². The predicted molar refractivity (Wildman–Crippen MR) is 81.8 cm³/mol. The zero-order valence-electron chi connectivity index (χ0n) is 11.0. The topological polar surface area (TPSA) is 37.4 Å². The number of fused-ring (bicyclic) bond motifs is 1. The largest absolute Gasteiger partial charge is 0.252 e. The average Bonchev–Trinajstić information content (AvgIpc) is 2.85. The molecule has 0 saturated carbocycles. The van der Waals surface area contributed by atoms with Crippen molar-refractivity contribution in [1.29, 1.82) is 0 Å². The van der Waals surface area contributed by atoms with Crippen molar-refractivity contribution >= 4 is 33.0 Å². The Bertz CT molecular complexity index is 752. The van der Waals surface area contributed by atoms with E-state index in [-0.39, 0.29) is 0 Å². The Morgan fingerprint density at radius 1 is 1.20 bits per heavy atom. The van der Waals surface area contributed by atoms with E-state index in [0.717, 1.165) is 16.9 Å². The number of nitrogens with zero attached hydrogens (tertiary/aromatic N) is 1. The SMILES string of the molecule is Cc1ccc(S(=O)(=O)N2CCc3ccc(Cl)cc3C2)s1. The van der Waals surface area contributed by atoms with E-state index < -0.39 is 10.0 Å². The zero-order valence-corrected chi connectivity index (χ0v) is 13.4. The minimum Gasteiger partial charge on any atom is -0.206 e. The molecular formula is C14H14ClNO2S2. The number of hydrogen-bond acceptors (Lipinski definition) is 3. The summed E-state index contributed by atoms with van der Waals surface area (Å²) in [7, 11) is -3.39. The van der Waals surface area contributed by atoms with Crippen molar-refractivity contribution in [3.05, 3.63) is 51.4 Å². The van der Waals surface area contributed by atoms with Gasteiger partial charge in [-0.3, -0.25) is 0 Å². The second-order valence-electron chi connectivity index (χ2n) is 4.87. The van der Waals surface area contributed by atoms with Gasteiger partial charge in [-0.05, 0) is 48.7 Å². The van der Waals surface area contributed by atoms with Gasteiger partial charge in [-0.1, -0.05) is 17.7 Å². The minimum absolute atomic E-state index is 0.398. The highest BCUT2D eigenvalue weighted by Gasteiger charge is 2.29. The van der Waals surface area contributed by atoms with Crippen molar-refractivity contribution in [3.63, 3.8) is 0 Å². The lowest BCUT2D eigenvalue weighted by Gasteiger charge is -2.27. The molecule has 0 N–H and O–H groups in total. The van der Waals surface area contributed by atoms with Gasteiger partial charge in [-0.15, -0.1) is 11.3 Å². The molecule has 2 heterocycles. The molecule has 0 fully saturated rings. The van der Waals surface area contributed by atoms with Crippen LogP contribution in [0.5, 0.6) is 0 Å². The maximum Gasteiger partial charge on any atom is 0.252 e. The second-order valence-corrected chi connectivity index (χ2v) is 8.76. The molecule has 0 bridgehead atoms. The van der Waals surface area contributed by atoms with Gasteiger partial charge in [0.2, 0.25) is 0 Å². The molecule has 0 radical (unpaired) electrons. The molecular weight excluding hydrogens is 314 g/mol. The lowest BCUT2D eigenvalue weighted by atomic mass is 10.0. The molecule has 0 unspecified atom stereocenters. The summed E-state index contributed by atoms with van der Waals surface area (Å²) in [5.41, 5.74) is 2.18. The molecule has 3 nitrogen and oxygen atoms in total. The number of halogens is 1. The quantitative estimate of drug-likeness (QED) is 0.847. The Morgan fingerprint density at radius 3 is 2.70 bits per heavy atom. The molecule has 106 valence electrons. The number of benzene rings is 1. The van der Waals surface area contributed by atoms with E-state index in [0.29, 0.717) is 22.3 Å². The Hall–Kier alpha value is -0.880. The van der Waals surface area contributed by atoms with Crippen LogP contribution in [0.3, 0.4) is 0 Å². The summed E-state index contributed by atoms with van der Waals surface area (Å²) in [6.07, 6.45) is 0.732. The first-order valence-electron chi connectivity index (χ1n) is 6.31. The van der Waals surface area contributed by atoms with Crippen LogP contribution in [0, 0.1) is 6.92 Å². The minimum atomic E-state index is -3.39. The lowest BCUT2D eigenvalue weighted by molar-refractivity contribution is 0.392. The fraction of sp³-hybridized carbons (Fsp3) is 0.286. The van der Waals surface area contributed by atoms with Crippen LogP contribution < -0.4 is 0 Å². The monoisotopic (exact) mass is 327 g/mol. The molecule has 0 aliphatic carbocycles. The molecule has 1 aliphatic rings. The van der Waals surface area contributed by atoms with Gasteiger partial charge in [0.05, 0.1) is 0 Å². The molecule has 1 aliphatic heterocycles. The van der Waals surface area contributed by atoms with E-state index in [1.54, 1.807) is 6.07 Å². The van der Waals surface area contributed by atoms with Crippen molar-refractivity contribution in [2.75, 3.05) is 6.54 Å². The van der Waals surface area contributed by atoms with Gasteiger partial charge in [-0.2, -0.15) is 4.31 Å². The summed E-state index contributed by atoms with van der Waals surface area (Å²) in [6, 6.07) is 9.22. The number of aryl methyl sites for hydroxylation is 1. The highest BCUT2D eigenvalue weighted by Crippen LogP contribution is 2.29. The van der Waals surface area contributed by atoms with E-state index in [4.69, 9.17) is 11.6 Å². The van der Waals surface area contributed by atoms with E-state index in [1.165, 1.54) is 21.2 Å². The van der Waals surface area contributed by atoms with Crippen LogP contribution in [0.2, 0.25) is 5.02 Å². The number of rotatable bonds is 2. The molecule has 6 heteroatoms. The van der Waals surface area contributed by atoms with E-state index >= 15 is 0 Å². The highest BCUT2D eigenvalue weighted by molar-refractivity contribution is 7.91. The average molecular weight is 328 g/mol. The van der Waals surface area contributed by atoms with Gasteiger partial charge >= 0.3 is 0 Å². The Kier molecular flexibility index (Phi) is 3.62. The van der Waals surface area contributed by atoms with E-state index in [9.17, 15) is 8.42 Å². The Balaban J connectivity index is 1.93. The van der Waals surface area contributed by atoms with Crippen molar-refractivity contribution in [2.45, 2.75) is 24.1 Å². The van der Waals surface area contributed by atoms with Crippen LogP contribution in [0.1, 0.15) is 16.0 Å². The van der Waals surface area contributed by atoms with Gasteiger partial charge in [0.25, 0.3) is 10.0 Å². The fourth-order valence-electron chi connectivity index (χ4n) is 2.38. The summed E-state index contributed by atoms with van der Waals surface area (Å²) >= 11 is 7.31. The number of hydrogen-bond donors (Lipinski definition) is 0. The first-order chi connectivity index (χ1) is 9.46. The third-order valence-electron chi connectivity index (χ3n) is 3.46. The summed E-state index contributed by atoms with van der Waals surface area (Å²) in [4.78, 5) is 1.00. The van der Waals surface area contributed by atoms with Crippen molar-refractivity contribution < 1.29 is 8.42 Å². The molecule has 1 aromatic heterocycles. The molecule has 20 heavy (non-hydrogen) atoms. The van der Waals surface area contributed by atoms with Gasteiger partial charge in [0, 0.05) is 23.0 Å². The molecule has 0 spiro atoms.